The van der Waals surface area contributed by atoms with Crippen LogP contribution in [-0.2, 0) is 14.3 Å². The van der Waals surface area contributed by atoms with Gasteiger partial charge in [-0.1, -0.05) is 0 Å². The van der Waals surface area contributed by atoms with Gasteiger partial charge in [-0.25, -0.2) is 9.59 Å². The van der Waals surface area contributed by atoms with Gasteiger partial charge in [-0.2, -0.15) is 0 Å². The second kappa shape index (κ2) is 5.27. The van der Waals surface area contributed by atoms with E-state index < -0.39 is 23.8 Å². The van der Waals surface area contributed by atoms with E-state index in [0.717, 1.165) is 6.54 Å². The van der Waals surface area contributed by atoms with Crippen LogP contribution in [0.15, 0.2) is 0 Å². The average molecular weight is 230 g/mol. The highest BCUT2D eigenvalue weighted by Gasteiger charge is 2.26. The lowest BCUT2D eigenvalue weighted by Gasteiger charge is -2.23. The Labute approximate surface area is 94.7 Å². The molecule has 0 aromatic heterocycles. The Morgan fingerprint density at radius 3 is 2.44 bits per heavy atom. The molecular weight excluding hydrogens is 212 g/mol. The number of rotatable bonds is 1. The van der Waals surface area contributed by atoms with Gasteiger partial charge >= 0.3 is 12.1 Å². The van der Waals surface area contributed by atoms with Crippen LogP contribution >= 0.6 is 0 Å². The number of ether oxygens (including phenoxy) is 2. The molecule has 0 bridgehead atoms. The van der Waals surface area contributed by atoms with Crippen molar-refractivity contribution >= 4 is 12.1 Å². The van der Waals surface area contributed by atoms with Crippen molar-refractivity contribution in [1.82, 2.24) is 10.6 Å². The van der Waals surface area contributed by atoms with E-state index in [4.69, 9.17) is 4.74 Å². The fourth-order valence-electron chi connectivity index (χ4n) is 1.24. The summed E-state index contributed by atoms with van der Waals surface area (Å²) >= 11 is 0. The Balaban J connectivity index is 2.35. The standard InChI is InChI=1S/C10H18N2O4/c1-10(2,3)16-9(14)15-8(13)7-6-11-4-5-12-7/h7,11-12H,4-6H2,1-3H3. The highest BCUT2D eigenvalue weighted by molar-refractivity contribution is 5.85. The van der Waals surface area contributed by atoms with Crippen molar-refractivity contribution in [2.24, 2.45) is 0 Å². The molecule has 6 heteroatoms. The molecule has 2 N–H and O–H groups in total. The van der Waals surface area contributed by atoms with E-state index in [2.05, 4.69) is 15.4 Å². The molecule has 1 atom stereocenters. The Kier molecular flexibility index (Phi) is 4.26. The molecule has 1 fully saturated rings. The molecule has 16 heavy (non-hydrogen) atoms. The normalized spacial score (nSPS) is 21.3. The van der Waals surface area contributed by atoms with Crippen molar-refractivity contribution in [3.63, 3.8) is 0 Å². The molecule has 6 nitrogen and oxygen atoms in total. The van der Waals surface area contributed by atoms with E-state index >= 15 is 0 Å². The minimum atomic E-state index is -0.954. The molecule has 0 aliphatic carbocycles. The number of hydrogen-bond acceptors (Lipinski definition) is 6. The number of carbonyl (C=O) groups is 2. The van der Waals surface area contributed by atoms with Gasteiger partial charge < -0.3 is 20.1 Å². The molecule has 0 aromatic rings. The summed E-state index contributed by atoms with van der Waals surface area (Å²) < 4.78 is 9.43. The molecule has 1 saturated heterocycles. The third-order valence-corrected chi connectivity index (χ3v) is 1.90. The first-order chi connectivity index (χ1) is 7.38. The van der Waals surface area contributed by atoms with Gasteiger partial charge in [0.15, 0.2) is 0 Å². The monoisotopic (exact) mass is 230 g/mol. The van der Waals surface area contributed by atoms with Gasteiger partial charge in [0.1, 0.15) is 11.6 Å². The van der Waals surface area contributed by atoms with E-state index in [0.29, 0.717) is 13.1 Å². The van der Waals surface area contributed by atoms with Gasteiger partial charge in [-0.3, -0.25) is 0 Å². The van der Waals surface area contributed by atoms with Crippen molar-refractivity contribution in [2.45, 2.75) is 32.4 Å². The molecule has 1 aliphatic rings. The lowest BCUT2D eigenvalue weighted by molar-refractivity contribution is -0.144. The van der Waals surface area contributed by atoms with Crippen LogP contribution in [0.4, 0.5) is 4.79 Å². The van der Waals surface area contributed by atoms with E-state index in [9.17, 15) is 9.59 Å². The van der Waals surface area contributed by atoms with Crippen LogP contribution in [0, 0.1) is 0 Å². The van der Waals surface area contributed by atoms with E-state index in [1.165, 1.54) is 0 Å². The predicted molar refractivity (Wildman–Crippen MR) is 57.0 cm³/mol. The zero-order chi connectivity index (χ0) is 12.2. The van der Waals surface area contributed by atoms with Crippen molar-refractivity contribution in [2.75, 3.05) is 19.6 Å². The summed E-state index contributed by atoms with van der Waals surface area (Å²) in [7, 11) is 0. The molecule has 1 unspecified atom stereocenters. The van der Waals surface area contributed by atoms with Gasteiger partial charge in [0.2, 0.25) is 0 Å². The quantitative estimate of drug-likeness (QED) is 0.489. The Hall–Kier alpha value is -1.14. The average Bonchev–Trinajstić information content (AvgIpc) is 2.16. The fourth-order valence-corrected chi connectivity index (χ4v) is 1.24. The van der Waals surface area contributed by atoms with Crippen LogP contribution < -0.4 is 10.6 Å². The number of piperazine rings is 1. The molecule has 0 saturated carbocycles. The number of esters is 1. The van der Waals surface area contributed by atoms with Crippen LogP contribution in [0.1, 0.15) is 20.8 Å². The van der Waals surface area contributed by atoms with Crippen LogP contribution in [0.25, 0.3) is 0 Å². The lowest BCUT2D eigenvalue weighted by Crippen LogP contribution is -2.53. The summed E-state index contributed by atoms with van der Waals surface area (Å²) in [5, 5.41) is 5.96. The smallest absolute Gasteiger partial charge is 0.428 e. The highest BCUT2D eigenvalue weighted by Crippen LogP contribution is 2.08. The van der Waals surface area contributed by atoms with E-state index in [1.807, 2.05) is 0 Å². The third-order valence-electron chi connectivity index (χ3n) is 1.90. The second-order valence-electron chi connectivity index (χ2n) is 4.60. The van der Waals surface area contributed by atoms with Crippen LogP contribution in [-0.4, -0.2) is 43.4 Å². The molecule has 1 heterocycles. The maximum absolute atomic E-state index is 11.5. The van der Waals surface area contributed by atoms with Crippen LogP contribution in [0.2, 0.25) is 0 Å². The fraction of sp³-hybridized carbons (Fsp3) is 0.800. The second-order valence-corrected chi connectivity index (χ2v) is 4.60. The molecule has 0 spiro atoms. The largest absolute Gasteiger partial charge is 0.516 e. The van der Waals surface area contributed by atoms with Gasteiger partial charge in [-0.05, 0) is 20.8 Å². The van der Waals surface area contributed by atoms with E-state index in [-0.39, 0.29) is 0 Å². The Morgan fingerprint density at radius 1 is 1.25 bits per heavy atom. The lowest BCUT2D eigenvalue weighted by atomic mass is 10.2. The van der Waals surface area contributed by atoms with Gasteiger partial charge in [0, 0.05) is 19.6 Å². The third kappa shape index (κ3) is 4.59. The zero-order valence-electron chi connectivity index (χ0n) is 9.83. The number of hydrogen-bond donors (Lipinski definition) is 2. The molecule has 1 aliphatic heterocycles. The predicted octanol–water partition coefficient (Wildman–Crippen LogP) is 0.0261. The highest BCUT2D eigenvalue weighted by atomic mass is 16.7. The number of carbonyl (C=O) groups excluding carboxylic acids is 2. The van der Waals surface area contributed by atoms with Crippen LogP contribution in [0.5, 0.6) is 0 Å². The molecule has 1 rings (SSSR count). The summed E-state index contributed by atoms with van der Waals surface area (Å²) in [5.41, 5.74) is -0.657. The molecule has 0 amide bonds. The van der Waals surface area contributed by atoms with Gasteiger partial charge in [-0.15, -0.1) is 0 Å². The number of nitrogens with one attached hydrogen (secondary N) is 2. The summed E-state index contributed by atoms with van der Waals surface area (Å²) in [6, 6.07) is -0.485. The SMILES string of the molecule is CC(C)(C)OC(=O)OC(=O)C1CNCCN1. The Morgan fingerprint density at radius 2 is 1.94 bits per heavy atom. The summed E-state index contributed by atoms with van der Waals surface area (Å²) in [6.45, 7) is 7.06. The zero-order valence-corrected chi connectivity index (χ0v) is 9.83. The van der Waals surface area contributed by atoms with Crippen molar-refractivity contribution in [3.8, 4) is 0 Å². The topological polar surface area (TPSA) is 76.7 Å². The van der Waals surface area contributed by atoms with Crippen molar-refractivity contribution < 1.29 is 19.1 Å². The maximum Gasteiger partial charge on any atom is 0.516 e. The first-order valence-corrected chi connectivity index (χ1v) is 5.27. The van der Waals surface area contributed by atoms with E-state index in [1.54, 1.807) is 20.8 Å². The molecular formula is C10H18N2O4. The summed E-state index contributed by atoms with van der Waals surface area (Å²) in [5.74, 6) is -0.610. The first-order valence-electron chi connectivity index (χ1n) is 5.27. The maximum atomic E-state index is 11.5. The van der Waals surface area contributed by atoms with Crippen LogP contribution in [0.3, 0.4) is 0 Å². The Bertz CT molecular complexity index is 266. The van der Waals surface area contributed by atoms with Gasteiger partial charge in [0.25, 0.3) is 0 Å². The minimum absolute atomic E-state index is 0.460. The molecule has 92 valence electrons. The molecule has 0 radical (unpaired) electrons. The molecule has 0 aromatic carbocycles. The van der Waals surface area contributed by atoms with Gasteiger partial charge in [0.05, 0.1) is 0 Å². The first kappa shape index (κ1) is 12.9. The minimum Gasteiger partial charge on any atom is -0.428 e. The van der Waals surface area contributed by atoms with Crippen molar-refractivity contribution in [3.05, 3.63) is 0 Å². The summed E-state index contributed by atoms with van der Waals surface area (Å²) in [4.78, 5) is 22.7. The van der Waals surface area contributed by atoms with Crippen molar-refractivity contribution in [1.29, 1.82) is 0 Å². The summed E-state index contributed by atoms with van der Waals surface area (Å²) in [6.07, 6.45) is -0.954.